The van der Waals surface area contributed by atoms with Gasteiger partial charge in [-0.3, -0.25) is 0 Å². The van der Waals surface area contributed by atoms with Crippen LogP contribution in [0.25, 0.3) is 6.08 Å². The Morgan fingerprint density at radius 2 is 2.44 bits per heavy atom. The van der Waals surface area contributed by atoms with Crippen LogP contribution in [0.2, 0.25) is 0 Å². The predicted molar refractivity (Wildman–Crippen MR) is 27.7 cm³/mol. The Hall–Kier alpha value is -1.12. The number of hydrogen-bond donors (Lipinski definition) is 0. The zero-order valence-corrected chi connectivity index (χ0v) is 4.40. The van der Waals surface area contributed by atoms with Gasteiger partial charge in [-0.25, -0.2) is 0 Å². The summed E-state index contributed by atoms with van der Waals surface area (Å²) in [5.74, 6) is 0.120. The molecule has 47 valence electrons. The second-order valence-corrected chi connectivity index (χ2v) is 1.38. The van der Waals surface area contributed by atoms with Gasteiger partial charge in [0.1, 0.15) is 5.76 Å². The maximum Gasteiger partial charge on any atom is 0.274 e. The predicted octanol–water partition coefficient (Wildman–Crippen LogP) is 2.32. The lowest BCUT2D eigenvalue weighted by Crippen LogP contribution is -1.59. The summed E-state index contributed by atoms with van der Waals surface area (Å²) in [5.41, 5.74) is 0. The molecular weight excluding hydrogens is 126 g/mol. The van der Waals surface area contributed by atoms with E-state index in [1.807, 2.05) is 0 Å². The highest BCUT2D eigenvalue weighted by Crippen LogP contribution is 2.07. The number of hydrogen-bond acceptors (Lipinski definition) is 1. The summed E-state index contributed by atoms with van der Waals surface area (Å²) in [4.78, 5) is 0. The smallest absolute Gasteiger partial charge is 0.274 e. The molecule has 3 heteroatoms. The van der Waals surface area contributed by atoms with Crippen molar-refractivity contribution in [2.45, 2.75) is 0 Å². The Morgan fingerprint density at radius 3 is 2.89 bits per heavy atom. The fraction of sp³-hybridized carbons (Fsp3) is 0. The summed E-state index contributed by atoms with van der Waals surface area (Å²) in [7, 11) is 0. The topological polar surface area (TPSA) is 13.1 Å². The molecule has 0 fully saturated rings. The first-order valence-corrected chi connectivity index (χ1v) is 2.26. The van der Waals surface area contributed by atoms with Crippen molar-refractivity contribution in [3.63, 3.8) is 0 Å². The van der Waals surface area contributed by atoms with Crippen molar-refractivity contribution >= 4 is 6.08 Å². The number of furan rings is 1. The quantitative estimate of drug-likeness (QED) is 0.567. The fourth-order valence-corrected chi connectivity index (χ4v) is 0.435. The molecule has 0 saturated heterocycles. The van der Waals surface area contributed by atoms with Crippen molar-refractivity contribution in [2.75, 3.05) is 0 Å². The Bertz CT molecular complexity index is 197. The zero-order valence-electron chi connectivity index (χ0n) is 4.40. The average molecular weight is 129 g/mol. The first kappa shape index (κ1) is 6.01. The third-order valence-corrected chi connectivity index (χ3v) is 0.740. The molecule has 1 rings (SSSR count). The molecule has 0 aliphatic heterocycles. The Labute approximate surface area is 50.6 Å². The number of rotatable bonds is 1. The normalized spacial score (nSPS) is 9.11. The van der Waals surface area contributed by atoms with Gasteiger partial charge in [0.15, 0.2) is 0 Å². The molecule has 0 spiro atoms. The summed E-state index contributed by atoms with van der Waals surface area (Å²) in [6, 6.07) is 3.82. The van der Waals surface area contributed by atoms with Crippen molar-refractivity contribution in [1.29, 1.82) is 0 Å². The zero-order chi connectivity index (χ0) is 6.69. The lowest BCUT2D eigenvalue weighted by Gasteiger charge is -1.78. The second kappa shape index (κ2) is 2.44. The molecule has 0 saturated carbocycles. The van der Waals surface area contributed by atoms with Crippen molar-refractivity contribution in [3.8, 4) is 0 Å². The first-order chi connectivity index (χ1) is 4.29. The van der Waals surface area contributed by atoms with Gasteiger partial charge in [0, 0.05) is 12.1 Å². The molecule has 9 heavy (non-hydrogen) atoms. The Morgan fingerprint density at radius 1 is 1.67 bits per heavy atom. The third kappa shape index (κ3) is 1.68. The largest absolute Gasteiger partial charge is 0.464 e. The molecule has 0 aliphatic rings. The van der Waals surface area contributed by atoms with Crippen LogP contribution in [0.15, 0.2) is 22.8 Å². The summed E-state index contributed by atoms with van der Waals surface area (Å²) in [6.07, 6.45) is 0.0870. The van der Waals surface area contributed by atoms with Crippen LogP contribution in [0.4, 0.5) is 8.78 Å². The van der Waals surface area contributed by atoms with Gasteiger partial charge in [0.2, 0.25) is 0 Å². The van der Waals surface area contributed by atoms with Crippen molar-refractivity contribution < 1.29 is 13.2 Å². The van der Waals surface area contributed by atoms with Crippen LogP contribution in [0.3, 0.4) is 0 Å². The molecule has 0 aromatic carbocycles. The molecule has 0 amide bonds. The van der Waals surface area contributed by atoms with E-state index in [2.05, 4.69) is 10.5 Å². The fourth-order valence-electron chi connectivity index (χ4n) is 0.435. The van der Waals surface area contributed by atoms with Crippen LogP contribution < -0.4 is 0 Å². The molecule has 1 radical (unpaired) electrons. The summed E-state index contributed by atoms with van der Waals surface area (Å²) in [6.45, 7) is 0. The van der Waals surface area contributed by atoms with Gasteiger partial charge in [-0.1, -0.05) is 0 Å². The van der Waals surface area contributed by atoms with Crippen molar-refractivity contribution in [3.05, 3.63) is 30.2 Å². The van der Waals surface area contributed by atoms with Crippen LogP contribution in [0.5, 0.6) is 0 Å². The molecule has 1 heterocycles. The highest BCUT2D eigenvalue weighted by atomic mass is 19.3. The van der Waals surface area contributed by atoms with Crippen LogP contribution in [0.1, 0.15) is 5.76 Å². The van der Waals surface area contributed by atoms with Gasteiger partial charge in [-0.15, -0.1) is 0 Å². The summed E-state index contributed by atoms with van der Waals surface area (Å²) < 4.78 is 27.3. The number of halogens is 2. The average Bonchev–Trinajstić information content (AvgIpc) is 2.15. The van der Waals surface area contributed by atoms with E-state index in [9.17, 15) is 8.78 Å². The van der Waals surface area contributed by atoms with Crippen molar-refractivity contribution in [1.82, 2.24) is 0 Å². The minimum atomic E-state index is -1.77. The molecule has 0 aliphatic carbocycles. The highest BCUT2D eigenvalue weighted by molar-refractivity contribution is 5.42. The maximum absolute atomic E-state index is 11.4. The molecule has 0 unspecified atom stereocenters. The van der Waals surface area contributed by atoms with E-state index >= 15 is 0 Å². The lowest BCUT2D eigenvalue weighted by molar-refractivity contribution is 0.426. The van der Waals surface area contributed by atoms with Crippen LogP contribution in [0, 0.1) is 6.07 Å². The van der Waals surface area contributed by atoms with Gasteiger partial charge in [-0.05, 0) is 6.07 Å². The van der Waals surface area contributed by atoms with E-state index in [0.29, 0.717) is 6.08 Å². The standard InChI is InChI=1S/C6H3F2O/c7-6(8)4-5-2-1-3-9-5/h2-4H. The maximum atomic E-state index is 11.4. The monoisotopic (exact) mass is 129 g/mol. The molecule has 0 bridgehead atoms. The Kier molecular flexibility index (Phi) is 1.63. The van der Waals surface area contributed by atoms with Gasteiger partial charge in [0.05, 0.1) is 6.26 Å². The molecule has 0 atom stereocenters. The molecule has 1 aromatic rings. The van der Waals surface area contributed by atoms with E-state index < -0.39 is 6.08 Å². The van der Waals surface area contributed by atoms with E-state index in [0.717, 1.165) is 0 Å². The first-order valence-electron chi connectivity index (χ1n) is 2.26. The molecule has 0 N–H and O–H groups in total. The molecule has 1 nitrogen and oxygen atoms in total. The summed E-state index contributed by atoms with van der Waals surface area (Å²) in [5, 5.41) is 0. The van der Waals surface area contributed by atoms with Crippen LogP contribution in [-0.2, 0) is 0 Å². The third-order valence-electron chi connectivity index (χ3n) is 0.740. The van der Waals surface area contributed by atoms with Gasteiger partial charge in [-0.2, -0.15) is 8.78 Å². The Balaban J connectivity index is 2.80. The van der Waals surface area contributed by atoms with Gasteiger partial charge < -0.3 is 4.42 Å². The second-order valence-electron chi connectivity index (χ2n) is 1.38. The summed E-state index contributed by atoms with van der Waals surface area (Å²) >= 11 is 0. The van der Waals surface area contributed by atoms with Crippen LogP contribution >= 0.6 is 0 Å². The van der Waals surface area contributed by atoms with E-state index in [4.69, 9.17) is 0 Å². The van der Waals surface area contributed by atoms with E-state index in [1.54, 1.807) is 0 Å². The van der Waals surface area contributed by atoms with Crippen LogP contribution in [-0.4, -0.2) is 0 Å². The SMILES string of the molecule is FC(F)=Cc1c[c]co1. The highest BCUT2D eigenvalue weighted by Gasteiger charge is 1.92. The molecule has 1 aromatic heterocycles. The lowest BCUT2D eigenvalue weighted by atomic mass is 10.4. The minimum absolute atomic E-state index is 0.120. The molecular formula is C6H3F2O. The van der Waals surface area contributed by atoms with Crippen molar-refractivity contribution in [2.24, 2.45) is 0 Å². The van der Waals surface area contributed by atoms with E-state index in [-0.39, 0.29) is 5.76 Å². The minimum Gasteiger partial charge on any atom is -0.464 e. The van der Waals surface area contributed by atoms with Gasteiger partial charge in [0.25, 0.3) is 6.08 Å². The van der Waals surface area contributed by atoms with Gasteiger partial charge >= 0.3 is 0 Å². The van der Waals surface area contributed by atoms with E-state index in [1.165, 1.54) is 12.3 Å².